The summed E-state index contributed by atoms with van der Waals surface area (Å²) in [6, 6.07) is 20.0. The Bertz CT molecular complexity index is 1110. The summed E-state index contributed by atoms with van der Waals surface area (Å²) in [5.41, 5.74) is 3.11. The van der Waals surface area contributed by atoms with E-state index in [4.69, 9.17) is 0 Å². The number of pyridine rings is 1. The lowest BCUT2D eigenvalue weighted by Crippen LogP contribution is -1.93. The largest absolute Gasteiger partial charge is 0.256 e. The molecule has 0 spiro atoms. The van der Waals surface area contributed by atoms with Crippen molar-refractivity contribution in [1.82, 2.24) is 4.98 Å². The smallest absolute Gasteiger partial charge is 0.131 e. The molecule has 0 bridgehead atoms. The Morgan fingerprint density at radius 2 is 1.62 bits per heavy atom. The molecule has 0 unspecified atom stereocenters. The number of nitrogens with zero attached hydrogens (tertiary/aromatic N) is 1. The maximum atomic E-state index is 14.6. The first-order valence-electron chi connectivity index (χ1n) is 9.37. The van der Waals surface area contributed by atoms with Crippen LogP contribution in [0.5, 0.6) is 0 Å². The summed E-state index contributed by atoms with van der Waals surface area (Å²) in [5.74, 6) is 0.494. The zero-order valence-corrected chi connectivity index (χ0v) is 14.6. The number of fused-ring (bicyclic) bond motifs is 2. The van der Waals surface area contributed by atoms with E-state index in [-0.39, 0.29) is 5.82 Å². The molecule has 1 aromatic heterocycles. The minimum absolute atomic E-state index is 0.195. The molecule has 1 nitrogen and oxygen atoms in total. The first-order chi connectivity index (χ1) is 12.8. The lowest BCUT2D eigenvalue weighted by molar-refractivity contribution is 0.640. The molecule has 5 rings (SSSR count). The minimum atomic E-state index is -0.195. The van der Waals surface area contributed by atoms with Crippen LogP contribution >= 0.6 is 0 Å². The molecule has 3 aromatic carbocycles. The lowest BCUT2D eigenvalue weighted by Gasteiger charge is -2.13. The molecule has 1 aliphatic rings. The number of hydrogen-bond donors (Lipinski definition) is 0. The summed E-state index contributed by atoms with van der Waals surface area (Å²) in [5, 5.41) is 3.83. The second kappa shape index (κ2) is 6.21. The van der Waals surface area contributed by atoms with Gasteiger partial charge in [-0.3, -0.25) is 4.98 Å². The average Bonchev–Trinajstić information content (AvgIpc) is 3.22. The van der Waals surface area contributed by atoms with E-state index >= 15 is 0 Å². The zero-order valence-electron chi connectivity index (χ0n) is 14.6. The Kier molecular flexibility index (Phi) is 3.70. The normalized spacial score (nSPS) is 15.1. The van der Waals surface area contributed by atoms with E-state index in [0.29, 0.717) is 11.3 Å². The highest BCUT2D eigenvalue weighted by Crippen LogP contribution is 2.37. The summed E-state index contributed by atoms with van der Waals surface area (Å²) in [7, 11) is 0. The predicted molar refractivity (Wildman–Crippen MR) is 106 cm³/mol. The Morgan fingerprint density at radius 1 is 0.808 bits per heavy atom. The van der Waals surface area contributed by atoms with Gasteiger partial charge in [0, 0.05) is 22.5 Å². The van der Waals surface area contributed by atoms with Gasteiger partial charge >= 0.3 is 0 Å². The minimum Gasteiger partial charge on any atom is -0.256 e. The van der Waals surface area contributed by atoms with Gasteiger partial charge in [-0.15, -0.1) is 0 Å². The molecule has 0 radical (unpaired) electrons. The van der Waals surface area contributed by atoms with Gasteiger partial charge in [0.05, 0.1) is 5.69 Å². The SMILES string of the molecule is Fc1cc(-c2nccc3cc(C4CCCC4)ccc23)cc2ccccc12. The Hall–Kier alpha value is -2.74. The zero-order chi connectivity index (χ0) is 17.5. The van der Waals surface area contributed by atoms with Crippen molar-refractivity contribution in [2.24, 2.45) is 0 Å². The van der Waals surface area contributed by atoms with E-state index in [1.165, 1.54) is 36.6 Å². The molecule has 1 saturated carbocycles. The van der Waals surface area contributed by atoms with Crippen molar-refractivity contribution in [3.8, 4) is 11.3 Å². The molecule has 4 aromatic rings. The van der Waals surface area contributed by atoms with E-state index in [1.807, 2.05) is 36.5 Å². The molecule has 0 aliphatic heterocycles. The summed E-state index contributed by atoms with van der Waals surface area (Å²) < 4.78 is 14.6. The molecule has 1 heterocycles. The van der Waals surface area contributed by atoms with E-state index in [0.717, 1.165) is 22.0 Å². The van der Waals surface area contributed by atoms with E-state index in [1.54, 1.807) is 6.07 Å². The van der Waals surface area contributed by atoms with Crippen molar-refractivity contribution < 1.29 is 4.39 Å². The summed E-state index contributed by atoms with van der Waals surface area (Å²) in [4.78, 5) is 4.59. The third-order valence-corrected chi connectivity index (χ3v) is 5.70. The molecular weight excluding hydrogens is 321 g/mol. The molecular formula is C24H20FN. The van der Waals surface area contributed by atoms with Crippen LogP contribution in [0.3, 0.4) is 0 Å². The molecule has 2 heteroatoms. The van der Waals surface area contributed by atoms with Gasteiger partial charge in [0.2, 0.25) is 0 Å². The van der Waals surface area contributed by atoms with Crippen molar-refractivity contribution in [3.05, 3.63) is 78.2 Å². The molecule has 0 saturated heterocycles. The van der Waals surface area contributed by atoms with Crippen LogP contribution in [0.15, 0.2) is 66.9 Å². The van der Waals surface area contributed by atoms with Crippen molar-refractivity contribution in [2.45, 2.75) is 31.6 Å². The number of benzene rings is 3. The molecule has 1 aliphatic carbocycles. The average molecular weight is 341 g/mol. The maximum Gasteiger partial charge on any atom is 0.131 e. The molecule has 1 fully saturated rings. The van der Waals surface area contributed by atoms with Crippen LogP contribution in [0.1, 0.15) is 37.2 Å². The first kappa shape index (κ1) is 15.5. The van der Waals surface area contributed by atoms with Crippen LogP contribution in [0.2, 0.25) is 0 Å². The Morgan fingerprint density at radius 3 is 2.50 bits per heavy atom. The highest BCUT2D eigenvalue weighted by atomic mass is 19.1. The van der Waals surface area contributed by atoms with Gasteiger partial charge in [-0.25, -0.2) is 4.39 Å². The standard InChI is InChI=1S/C24H20FN/c25-23-15-20(14-18-7-3-4-8-21(18)23)24-22-10-9-17(16-5-1-2-6-16)13-19(22)11-12-26-24/h3-4,7-16H,1-2,5-6H2. The maximum absolute atomic E-state index is 14.6. The molecule has 0 N–H and O–H groups in total. The van der Waals surface area contributed by atoms with Gasteiger partial charge in [0.15, 0.2) is 0 Å². The predicted octanol–water partition coefficient (Wildman–Crippen LogP) is 6.85. The van der Waals surface area contributed by atoms with Crippen molar-refractivity contribution in [1.29, 1.82) is 0 Å². The molecule has 0 amide bonds. The van der Waals surface area contributed by atoms with E-state index < -0.39 is 0 Å². The fourth-order valence-electron chi connectivity index (χ4n) is 4.34. The first-order valence-corrected chi connectivity index (χ1v) is 9.37. The molecule has 26 heavy (non-hydrogen) atoms. The van der Waals surface area contributed by atoms with Gasteiger partial charge in [-0.05, 0) is 53.3 Å². The Labute approximate surface area is 152 Å². The topological polar surface area (TPSA) is 12.9 Å². The number of hydrogen-bond acceptors (Lipinski definition) is 1. The Balaban J connectivity index is 1.67. The van der Waals surface area contributed by atoms with Gasteiger partial charge in [-0.2, -0.15) is 0 Å². The lowest BCUT2D eigenvalue weighted by atomic mass is 9.94. The van der Waals surface area contributed by atoms with Crippen LogP contribution in [0, 0.1) is 5.82 Å². The molecule has 128 valence electrons. The van der Waals surface area contributed by atoms with E-state index in [9.17, 15) is 4.39 Å². The summed E-state index contributed by atoms with van der Waals surface area (Å²) in [6.45, 7) is 0. The van der Waals surface area contributed by atoms with Crippen LogP contribution in [-0.2, 0) is 0 Å². The highest BCUT2D eigenvalue weighted by molar-refractivity contribution is 5.97. The fraction of sp³-hybridized carbons (Fsp3) is 0.208. The van der Waals surface area contributed by atoms with Crippen LogP contribution in [0.4, 0.5) is 4.39 Å². The van der Waals surface area contributed by atoms with Crippen molar-refractivity contribution >= 4 is 21.5 Å². The van der Waals surface area contributed by atoms with Crippen LogP contribution in [-0.4, -0.2) is 4.98 Å². The van der Waals surface area contributed by atoms with Crippen LogP contribution in [0.25, 0.3) is 32.8 Å². The monoisotopic (exact) mass is 341 g/mol. The van der Waals surface area contributed by atoms with Gasteiger partial charge in [-0.1, -0.05) is 55.3 Å². The third-order valence-electron chi connectivity index (χ3n) is 5.70. The summed E-state index contributed by atoms with van der Waals surface area (Å²) in [6.07, 6.45) is 7.09. The quantitative estimate of drug-likeness (QED) is 0.388. The number of aromatic nitrogens is 1. The third kappa shape index (κ3) is 2.57. The second-order valence-electron chi connectivity index (χ2n) is 7.30. The van der Waals surface area contributed by atoms with Gasteiger partial charge in [0.25, 0.3) is 0 Å². The molecule has 0 atom stereocenters. The van der Waals surface area contributed by atoms with Crippen molar-refractivity contribution in [2.75, 3.05) is 0 Å². The van der Waals surface area contributed by atoms with Gasteiger partial charge < -0.3 is 0 Å². The van der Waals surface area contributed by atoms with E-state index in [2.05, 4.69) is 29.2 Å². The highest BCUT2D eigenvalue weighted by Gasteiger charge is 2.18. The summed E-state index contributed by atoms with van der Waals surface area (Å²) >= 11 is 0. The number of rotatable bonds is 2. The number of halogens is 1. The van der Waals surface area contributed by atoms with Crippen molar-refractivity contribution in [3.63, 3.8) is 0 Å². The second-order valence-corrected chi connectivity index (χ2v) is 7.30. The van der Waals surface area contributed by atoms with Crippen LogP contribution < -0.4 is 0 Å². The van der Waals surface area contributed by atoms with Gasteiger partial charge in [0.1, 0.15) is 5.82 Å². The fourth-order valence-corrected chi connectivity index (χ4v) is 4.34.